The molecule has 0 bridgehead atoms. The Morgan fingerprint density at radius 3 is 2.68 bits per heavy atom. The molecule has 1 aromatic heterocycles. The number of carboxylic acid groups (broad SMARTS) is 1. The fourth-order valence-electron chi connectivity index (χ4n) is 3.52. The number of H-pyrrole nitrogens is 1. The van der Waals surface area contributed by atoms with Gasteiger partial charge in [0.25, 0.3) is 0 Å². The number of nitrogens with one attached hydrogen (secondary N) is 1. The van der Waals surface area contributed by atoms with Crippen LogP contribution in [0.5, 0.6) is 0 Å². The summed E-state index contributed by atoms with van der Waals surface area (Å²) in [6, 6.07) is 8.80. The highest BCUT2D eigenvalue weighted by Crippen LogP contribution is 2.34. The molecule has 2 N–H and O–H groups in total. The number of rotatable bonds is 3. The maximum Gasteiger partial charge on any atom is 0.407 e. The van der Waals surface area contributed by atoms with Crippen molar-refractivity contribution in [2.75, 3.05) is 6.54 Å². The molecule has 2 aromatic carbocycles. The highest BCUT2D eigenvalue weighted by molar-refractivity contribution is 14.1. The lowest BCUT2D eigenvalue weighted by molar-refractivity contribution is 0.139. The van der Waals surface area contributed by atoms with E-state index in [9.17, 15) is 18.7 Å². The summed E-state index contributed by atoms with van der Waals surface area (Å²) in [5, 5.41) is 9.32. The molecule has 0 radical (unpaired) electrons. The molecule has 1 saturated heterocycles. The van der Waals surface area contributed by atoms with E-state index < -0.39 is 6.09 Å². The SMILES string of the molecule is O=C(O)N1CCC[C@H]1c1ncc(-c2cc(F)c(I)c(-c3ccc(F)cc3)c2)[nH]1. The van der Waals surface area contributed by atoms with Gasteiger partial charge in [-0.3, -0.25) is 4.90 Å². The predicted octanol–water partition coefficient (Wildman–Crippen LogP) is 5.44. The fourth-order valence-corrected chi connectivity index (χ4v) is 4.14. The Balaban J connectivity index is 1.71. The zero-order chi connectivity index (χ0) is 19.8. The summed E-state index contributed by atoms with van der Waals surface area (Å²) < 4.78 is 28.2. The summed E-state index contributed by atoms with van der Waals surface area (Å²) in [5.41, 5.74) is 2.56. The summed E-state index contributed by atoms with van der Waals surface area (Å²) in [6.07, 6.45) is 2.09. The zero-order valence-corrected chi connectivity index (χ0v) is 16.8. The zero-order valence-electron chi connectivity index (χ0n) is 14.6. The molecule has 4 rings (SSSR count). The summed E-state index contributed by atoms with van der Waals surface area (Å²) >= 11 is 1.93. The number of carbonyl (C=O) groups is 1. The molecule has 28 heavy (non-hydrogen) atoms. The molecule has 2 heterocycles. The molecule has 0 unspecified atom stereocenters. The van der Waals surface area contributed by atoms with Crippen molar-refractivity contribution in [3.05, 3.63) is 63.6 Å². The first-order chi connectivity index (χ1) is 13.4. The van der Waals surface area contributed by atoms with Gasteiger partial charge in [0.2, 0.25) is 0 Å². The lowest BCUT2D eigenvalue weighted by Crippen LogP contribution is -2.29. The van der Waals surface area contributed by atoms with E-state index in [2.05, 4.69) is 9.97 Å². The van der Waals surface area contributed by atoms with Crippen molar-refractivity contribution >= 4 is 28.7 Å². The molecule has 0 aliphatic carbocycles. The highest BCUT2D eigenvalue weighted by atomic mass is 127. The van der Waals surface area contributed by atoms with E-state index in [1.807, 2.05) is 28.7 Å². The Hall–Kier alpha value is -2.49. The normalized spacial score (nSPS) is 16.5. The van der Waals surface area contributed by atoms with Crippen LogP contribution in [0.1, 0.15) is 24.7 Å². The molecular weight excluding hydrogens is 479 g/mol. The molecule has 5 nitrogen and oxygen atoms in total. The lowest BCUT2D eigenvalue weighted by atomic mass is 10.0. The third kappa shape index (κ3) is 3.48. The number of nitrogens with zero attached hydrogens (tertiary/aromatic N) is 2. The first-order valence-corrected chi connectivity index (χ1v) is 9.81. The van der Waals surface area contributed by atoms with Gasteiger partial charge in [0, 0.05) is 12.1 Å². The van der Waals surface area contributed by atoms with Crippen LogP contribution in [-0.2, 0) is 0 Å². The van der Waals surface area contributed by atoms with Crippen molar-refractivity contribution in [1.29, 1.82) is 0 Å². The van der Waals surface area contributed by atoms with Crippen molar-refractivity contribution < 1.29 is 18.7 Å². The van der Waals surface area contributed by atoms with E-state index in [1.165, 1.54) is 23.1 Å². The maximum atomic E-state index is 14.6. The third-order valence-corrected chi connectivity index (χ3v) is 6.00. The van der Waals surface area contributed by atoms with Crippen molar-refractivity contribution in [2.24, 2.45) is 0 Å². The molecule has 1 aliphatic heterocycles. The first-order valence-electron chi connectivity index (χ1n) is 8.74. The van der Waals surface area contributed by atoms with E-state index in [0.29, 0.717) is 44.7 Å². The molecule has 0 saturated carbocycles. The van der Waals surface area contributed by atoms with E-state index in [-0.39, 0.29) is 17.7 Å². The number of amides is 1. The Morgan fingerprint density at radius 1 is 1.21 bits per heavy atom. The van der Waals surface area contributed by atoms with Crippen molar-refractivity contribution in [3.63, 3.8) is 0 Å². The van der Waals surface area contributed by atoms with Gasteiger partial charge >= 0.3 is 6.09 Å². The number of hydrogen-bond donors (Lipinski definition) is 2. The number of hydrogen-bond acceptors (Lipinski definition) is 2. The van der Waals surface area contributed by atoms with Crippen LogP contribution in [0.3, 0.4) is 0 Å². The Bertz CT molecular complexity index is 1040. The van der Waals surface area contributed by atoms with Gasteiger partial charge in [-0.1, -0.05) is 12.1 Å². The third-order valence-electron chi connectivity index (χ3n) is 4.90. The van der Waals surface area contributed by atoms with Crippen LogP contribution in [0.25, 0.3) is 22.4 Å². The summed E-state index contributed by atoms with van der Waals surface area (Å²) in [4.78, 5) is 20.2. The van der Waals surface area contributed by atoms with Gasteiger partial charge in [-0.15, -0.1) is 0 Å². The van der Waals surface area contributed by atoms with Gasteiger partial charge in [-0.05, 0) is 70.8 Å². The number of benzene rings is 2. The monoisotopic (exact) mass is 495 g/mol. The smallest absolute Gasteiger partial charge is 0.407 e. The molecule has 8 heteroatoms. The van der Waals surface area contributed by atoms with E-state index in [1.54, 1.807) is 18.3 Å². The second kappa shape index (κ2) is 7.50. The standard InChI is InChI=1S/C20H16F2IN3O2/c21-13-5-3-11(4-6-13)14-8-12(9-15(22)18(14)23)16-10-24-19(25-16)17-2-1-7-26(17)20(27)28/h3-6,8-10,17H,1-2,7H2,(H,24,25)(H,27,28)/t17-/m0/s1. The Labute approximate surface area is 173 Å². The van der Waals surface area contributed by atoms with E-state index in [0.717, 1.165) is 6.42 Å². The van der Waals surface area contributed by atoms with Crippen LogP contribution < -0.4 is 0 Å². The van der Waals surface area contributed by atoms with Gasteiger partial charge in [0.15, 0.2) is 0 Å². The van der Waals surface area contributed by atoms with Gasteiger partial charge in [-0.2, -0.15) is 0 Å². The fraction of sp³-hybridized carbons (Fsp3) is 0.200. The number of imidazole rings is 1. The molecule has 1 aliphatic rings. The molecule has 1 fully saturated rings. The van der Waals surface area contributed by atoms with Crippen molar-refractivity contribution in [2.45, 2.75) is 18.9 Å². The minimum absolute atomic E-state index is 0.323. The number of likely N-dealkylation sites (tertiary alicyclic amines) is 1. The first kappa shape index (κ1) is 18.9. The molecule has 144 valence electrons. The van der Waals surface area contributed by atoms with Crippen molar-refractivity contribution in [1.82, 2.24) is 14.9 Å². The summed E-state index contributed by atoms with van der Waals surface area (Å²) in [7, 11) is 0. The van der Waals surface area contributed by atoms with Crippen LogP contribution in [0.15, 0.2) is 42.6 Å². The van der Waals surface area contributed by atoms with Crippen LogP contribution in [0, 0.1) is 15.2 Å². The molecule has 1 atom stereocenters. The van der Waals surface area contributed by atoms with Crippen LogP contribution in [-0.4, -0.2) is 32.6 Å². The highest BCUT2D eigenvalue weighted by Gasteiger charge is 2.31. The predicted molar refractivity (Wildman–Crippen MR) is 109 cm³/mol. The maximum absolute atomic E-state index is 14.6. The second-order valence-corrected chi connectivity index (χ2v) is 7.72. The summed E-state index contributed by atoms with van der Waals surface area (Å²) in [6.45, 7) is 0.475. The van der Waals surface area contributed by atoms with Crippen LogP contribution in [0.2, 0.25) is 0 Å². The van der Waals surface area contributed by atoms with Gasteiger partial charge in [0.1, 0.15) is 17.5 Å². The molecule has 3 aromatic rings. The van der Waals surface area contributed by atoms with E-state index >= 15 is 0 Å². The average molecular weight is 495 g/mol. The lowest BCUT2D eigenvalue weighted by Gasteiger charge is -2.19. The Morgan fingerprint density at radius 2 is 1.96 bits per heavy atom. The number of aromatic nitrogens is 2. The van der Waals surface area contributed by atoms with Crippen molar-refractivity contribution in [3.8, 4) is 22.4 Å². The topological polar surface area (TPSA) is 69.2 Å². The minimum Gasteiger partial charge on any atom is -0.465 e. The van der Waals surface area contributed by atoms with Crippen LogP contribution >= 0.6 is 22.6 Å². The summed E-state index contributed by atoms with van der Waals surface area (Å²) in [5.74, 6) is -0.188. The molecular formula is C20H16F2IN3O2. The molecule has 1 amide bonds. The molecule has 0 spiro atoms. The largest absolute Gasteiger partial charge is 0.465 e. The second-order valence-electron chi connectivity index (χ2n) is 6.64. The van der Waals surface area contributed by atoms with Crippen LogP contribution in [0.4, 0.5) is 13.6 Å². The number of halogens is 3. The van der Waals surface area contributed by atoms with Gasteiger partial charge in [0.05, 0.1) is 21.5 Å². The Kier molecular flexibility index (Phi) is 5.05. The minimum atomic E-state index is -0.973. The van der Waals surface area contributed by atoms with Gasteiger partial charge in [-0.25, -0.2) is 18.6 Å². The average Bonchev–Trinajstić information content (AvgIpc) is 3.33. The van der Waals surface area contributed by atoms with Gasteiger partial charge < -0.3 is 10.1 Å². The number of aromatic amines is 1. The van der Waals surface area contributed by atoms with E-state index in [4.69, 9.17) is 0 Å². The quantitative estimate of drug-likeness (QED) is 0.476.